The van der Waals surface area contributed by atoms with Crippen LogP contribution in [-0.2, 0) is 4.79 Å². The Kier molecular flexibility index (Phi) is 6.46. The molecule has 0 aliphatic heterocycles. The maximum absolute atomic E-state index is 11.6. The van der Waals surface area contributed by atoms with Crippen LogP contribution in [0.3, 0.4) is 0 Å². The quantitative estimate of drug-likeness (QED) is 0.600. The van der Waals surface area contributed by atoms with Crippen LogP contribution in [-0.4, -0.2) is 25.3 Å². The molecule has 2 rings (SSSR count). The second-order valence-corrected chi connectivity index (χ2v) is 4.36. The molecule has 0 bridgehead atoms. The number of ether oxygens (including phenoxy) is 2. The third kappa shape index (κ3) is 5.70. The number of rotatable bonds is 8. The monoisotopic (exact) mass is 314 g/mol. The SMILES string of the molecule is CCOc1ccccc1OCC(=O)N/N=C/C=C/c1ccco1. The first-order valence-electron chi connectivity index (χ1n) is 7.16. The van der Waals surface area contributed by atoms with Gasteiger partial charge in [-0.2, -0.15) is 5.10 Å². The zero-order chi connectivity index (χ0) is 16.3. The maximum Gasteiger partial charge on any atom is 0.277 e. The topological polar surface area (TPSA) is 73.1 Å². The summed E-state index contributed by atoms with van der Waals surface area (Å²) in [4.78, 5) is 11.6. The van der Waals surface area contributed by atoms with Crippen LogP contribution in [0.1, 0.15) is 12.7 Å². The highest BCUT2D eigenvalue weighted by Gasteiger charge is 2.06. The Bertz CT molecular complexity index is 663. The summed E-state index contributed by atoms with van der Waals surface area (Å²) in [7, 11) is 0. The predicted molar refractivity (Wildman–Crippen MR) is 87.5 cm³/mol. The van der Waals surface area contributed by atoms with E-state index in [2.05, 4.69) is 10.5 Å². The van der Waals surface area contributed by atoms with Gasteiger partial charge in [0, 0.05) is 6.21 Å². The van der Waals surface area contributed by atoms with Crippen molar-refractivity contribution in [1.29, 1.82) is 0 Å². The lowest BCUT2D eigenvalue weighted by Crippen LogP contribution is -2.24. The number of carbonyl (C=O) groups is 1. The van der Waals surface area contributed by atoms with Crippen LogP contribution in [0.15, 0.2) is 58.3 Å². The molecular formula is C17H18N2O4. The minimum absolute atomic E-state index is 0.149. The Hall–Kier alpha value is -3.02. The number of allylic oxidation sites excluding steroid dienone is 1. The van der Waals surface area contributed by atoms with Crippen molar-refractivity contribution in [3.63, 3.8) is 0 Å². The molecule has 120 valence electrons. The first-order chi connectivity index (χ1) is 11.3. The van der Waals surface area contributed by atoms with Gasteiger partial charge in [-0.15, -0.1) is 0 Å². The van der Waals surface area contributed by atoms with Gasteiger partial charge < -0.3 is 13.9 Å². The minimum Gasteiger partial charge on any atom is -0.490 e. The summed E-state index contributed by atoms with van der Waals surface area (Å²) in [6.07, 6.45) is 6.42. The Morgan fingerprint density at radius 3 is 2.70 bits per heavy atom. The zero-order valence-electron chi connectivity index (χ0n) is 12.8. The zero-order valence-corrected chi connectivity index (χ0v) is 12.8. The van der Waals surface area contributed by atoms with E-state index in [1.54, 1.807) is 36.6 Å². The normalized spacial score (nSPS) is 11.0. The van der Waals surface area contributed by atoms with E-state index in [0.29, 0.717) is 23.9 Å². The number of nitrogens with zero attached hydrogens (tertiary/aromatic N) is 1. The average Bonchev–Trinajstić information content (AvgIpc) is 3.07. The van der Waals surface area contributed by atoms with Crippen molar-refractivity contribution in [1.82, 2.24) is 5.43 Å². The number of amides is 1. The van der Waals surface area contributed by atoms with E-state index in [9.17, 15) is 4.79 Å². The summed E-state index contributed by atoms with van der Waals surface area (Å²) >= 11 is 0. The van der Waals surface area contributed by atoms with E-state index >= 15 is 0 Å². The Balaban J connectivity index is 1.75. The molecule has 0 aliphatic carbocycles. The van der Waals surface area contributed by atoms with E-state index in [-0.39, 0.29) is 12.5 Å². The Labute approximate surface area is 134 Å². The molecule has 0 radical (unpaired) electrons. The molecule has 1 amide bonds. The van der Waals surface area contributed by atoms with Crippen LogP contribution in [0.2, 0.25) is 0 Å². The first-order valence-corrected chi connectivity index (χ1v) is 7.16. The van der Waals surface area contributed by atoms with Gasteiger partial charge in [0.15, 0.2) is 18.1 Å². The van der Waals surface area contributed by atoms with Crippen LogP contribution in [0.25, 0.3) is 6.08 Å². The van der Waals surface area contributed by atoms with Crippen LogP contribution in [0, 0.1) is 0 Å². The van der Waals surface area contributed by atoms with Crippen molar-refractivity contribution in [2.45, 2.75) is 6.92 Å². The number of carbonyl (C=O) groups excluding carboxylic acids is 1. The molecule has 0 atom stereocenters. The molecule has 1 heterocycles. The molecule has 0 saturated heterocycles. The van der Waals surface area contributed by atoms with Gasteiger partial charge in [-0.3, -0.25) is 4.79 Å². The number of hydrogen-bond acceptors (Lipinski definition) is 5. The predicted octanol–water partition coefficient (Wildman–Crippen LogP) is 2.87. The lowest BCUT2D eigenvalue weighted by atomic mass is 10.3. The molecule has 6 heteroatoms. The van der Waals surface area contributed by atoms with Crippen molar-refractivity contribution in [2.75, 3.05) is 13.2 Å². The highest BCUT2D eigenvalue weighted by Crippen LogP contribution is 2.26. The van der Waals surface area contributed by atoms with E-state index in [1.807, 2.05) is 25.1 Å². The van der Waals surface area contributed by atoms with Crippen molar-refractivity contribution in [3.05, 3.63) is 54.5 Å². The number of furan rings is 1. The van der Waals surface area contributed by atoms with Gasteiger partial charge in [-0.1, -0.05) is 12.1 Å². The smallest absolute Gasteiger partial charge is 0.277 e. The second-order valence-electron chi connectivity index (χ2n) is 4.36. The largest absolute Gasteiger partial charge is 0.490 e. The maximum atomic E-state index is 11.6. The van der Waals surface area contributed by atoms with Gasteiger partial charge in [0.25, 0.3) is 5.91 Å². The van der Waals surface area contributed by atoms with Crippen LogP contribution in [0.4, 0.5) is 0 Å². The fourth-order valence-corrected chi connectivity index (χ4v) is 1.70. The molecule has 0 spiro atoms. The Morgan fingerprint density at radius 2 is 2.00 bits per heavy atom. The summed E-state index contributed by atoms with van der Waals surface area (Å²) in [5.74, 6) is 1.47. The van der Waals surface area contributed by atoms with E-state index < -0.39 is 0 Å². The fraction of sp³-hybridized carbons (Fsp3) is 0.176. The highest BCUT2D eigenvalue weighted by atomic mass is 16.5. The molecule has 23 heavy (non-hydrogen) atoms. The summed E-state index contributed by atoms with van der Waals surface area (Å²) in [6, 6.07) is 10.8. The molecule has 0 unspecified atom stereocenters. The number of para-hydroxylation sites is 2. The number of benzene rings is 1. The number of hydrogen-bond donors (Lipinski definition) is 1. The summed E-state index contributed by atoms with van der Waals surface area (Å²) in [5.41, 5.74) is 2.37. The van der Waals surface area contributed by atoms with Gasteiger partial charge in [0.05, 0.1) is 12.9 Å². The first kappa shape index (κ1) is 16.4. The van der Waals surface area contributed by atoms with Gasteiger partial charge in [-0.05, 0) is 43.3 Å². The molecule has 2 aromatic rings. The van der Waals surface area contributed by atoms with Crippen molar-refractivity contribution >= 4 is 18.2 Å². The van der Waals surface area contributed by atoms with Gasteiger partial charge >= 0.3 is 0 Å². The lowest BCUT2D eigenvalue weighted by Gasteiger charge is -2.10. The van der Waals surface area contributed by atoms with Gasteiger partial charge in [-0.25, -0.2) is 5.43 Å². The molecule has 6 nitrogen and oxygen atoms in total. The average molecular weight is 314 g/mol. The van der Waals surface area contributed by atoms with Crippen molar-refractivity contribution in [2.24, 2.45) is 5.10 Å². The molecule has 1 N–H and O–H groups in total. The van der Waals surface area contributed by atoms with Gasteiger partial charge in [0.2, 0.25) is 0 Å². The standard InChI is InChI=1S/C17H18N2O4/c1-2-21-15-9-3-4-10-16(15)23-13-17(20)19-18-11-5-7-14-8-6-12-22-14/h3-12H,2,13H2,1H3,(H,19,20)/b7-5+,18-11+. The van der Waals surface area contributed by atoms with Crippen molar-refractivity contribution in [3.8, 4) is 11.5 Å². The second kappa shape index (κ2) is 9.09. The molecule has 0 fully saturated rings. The third-order valence-corrected chi connectivity index (χ3v) is 2.66. The van der Waals surface area contributed by atoms with E-state index in [1.165, 1.54) is 6.21 Å². The third-order valence-electron chi connectivity index (χ3n) is 2.66. The summed E-state index contributed by atoms with van der Waals surface area (Å²) in [5, 5.41) is 3.78. The molecule has 0 aliphatic rings. The van der Waals surface area contributed by atoms with Crippen LogP contribution >= 0.6 is 0 Å². The summed E-state index contributed by atoms with van der Waals surface area (Å²) < 4.78 is 15.9. The highest BCUT2D eigenvalue weighted by molar-refractivity contribution is 5.81. The molecule has 1 aromatic carbocycles. The van der Waals surface area contributed by atoms with Crippen LogP contribution < -0.4 is 14.9 Å². The van der Waals surface area contributed by atoms with E-state index in [0.717, 1.165) is 0 Å². The number of nitrogens with one attached hydrogen (secondary N) is 1. The lowest BCUT2D eigenvalue weighted by molar-refractivity contribution is -0.123. The summed E-state index contributed by atoms with van der Waals surface area (Å²) in [6.45, 7) is 2.26. The van der Waals surface area contributed by atoms with Crippen LogP contribution in [0.5, 0.6) is 11.5 Å². The number of hydrazone groups is 1. The van der Waals surface area contributed by atoms with Gasteiger partial charge in [0.1, 0.15) is 5.76 Å². The Morgan fingerprint density at radius 1 is 1.22 bits per heavy atom. The molecule has 1 aromatic heterocycles. The molecule has 0 saturated carbocycles. The van der Waals surface area contributed by atoms with E-state index in [4.69, 9.17) is 13.9 Å². The van der Waals surface area contributed by atoms with Crippen molar-refractivity contribution < 1.29 is 18.7 Å². The fourth-order valence-electron chi connectivity index (χ4n) is 1.70. The minimum atomic E-state index is -0.362. The molecular weight excluding hydrogens is 296 g/mol.